The number of aryl methyl sites for hydroxylation is 1. The van der Waals surface area contributed by atoms with E-state index in [0.29, 0.717) is 24.4 Å². The number of nitrogens with one attached hydrogen (secondary N) is 2. The molecule has 1 saturated heterocycles. The molecule has 0 saturated carbocycles. The molecule has 3 aromatic rings. The maximum absolute atomic E-state index is 12.4. The van der Waals surface area contributed by atoms with Crippen LogP contribution >= 0.6 is 0 Å². The van der Waals surface area contributed by atoms with Crippen LogP contribution in [0, 0.1) is 0 Å². The third-order valence-electron chi connectivity index (χ3n) is 6.06. The number of aliphatic hydroxyl groups excluding tert-OH is 1. The zero-order chi connectivity index (χ0) is 24.6. The zero-order valence-corrected chi connectivity index (χ0v) is 19.9. The van der Waals surface area contributed by atoms with E-state index in [0.717, 1.165) is 29.8 Å². The Kier molecular flexibility index (Phi) is 8.17. The first kappa shape index (κ1) is 24.5. The first-order valence-corrected chi connectivity index (χ1v) is 11.6. The van der Waals surface area contributed by atoms with Gasteiger partial charge in [0.05, 0.1) is 39.2 Å². The molecule has 2 amide bonds. The quantitative estimate of drug-likeness (QED) is 0.430. The largest absolute Gasteiger partial charge is 0.497 e. The van der Waals surface area contributed by atoms with Gasteiger partial charge in [0.15, 0.2) is 0 Å². The van der Waals surface area contributed by atoms with Gasteiger partial charge in [-0.1, -0.05) is 5.21 Å². The Morgan fingerprint density at radius 1 is 1.09 bits per heavy atom. The van der Waals surface area contributed by atoms with Crippen LogP contribution in [0.5, 0.6) is 11.5 Å². The topological polar surface area (TPSA) is 120 Å². The summed E-state index contributed by atoms with van der Waals surface area (Å²) >= 11 is 0. The highest BCUT2D eigenvalue weighted by Crippen LogP contribution is 2.24. The molecule has 0 radical (unpaired) electrons. The van der Waals surface area contributed by atoms with Gasteiger partial charge in [-0.2, -0.15) is 0 Å². The van der Waals surface area contributed by atoms with Crippen molar-refractivity contribution in [1.29, 1.82) is 0 Å². The smallest absolute Gasteiger partial charge is 0.319 e. The van der Waals surface area contributed by atoms with Crippen molar-refractivity contribution in [2.75, 3.05) is 26.1 Å². The number of rotatable bonds is 9. The van der Waals surface area contributed by atoms with Gasteiger partial charge in [0.25, 0.3) is 0 Å². The number of hydrogen-bond acceptors (Lipinski definition) is 7. The van der Waals surface area contributed by atoms with E-state index in [9.17, 15) is 9.90 Å². The number of anilines is 1. The van der Waals surface area contributed by atoms with E-state index in [2.05, 4.69) is 20.9 Å². The molecule has 10 heteroatoms. The van der Waals surface area contributed by atoms with E-state index in [1.807, 2.05) is 30.5 Å². The summed E-state index contributed by atoms with van der Waals surface area (Å²) < 4.78 is 18.2. The van der Waals surface area contributed by atoms with Gasteiger partial charge in [-0.25, -0.2) is 4.79 Å². The van der Waals surface area contributed by atoms with Crippen LogP contribution in [0.4, 0.5) is 10.5 Å². The standard InChI is InChI=1S/C25H31N5O5/c1-33-19-7-3-17(4-8-19)23-15-30(29-28-23)14-13-21-11-12-22(24(16-31)35-21)27-25(32)26-18-5-9-20(34-2)10-6-18/h3-10,15,21-22,24,31H,11-14,16H2,1-2H3,(H2,26,27,32)/t21-,22-,24-/m0/s1. The Bertz CT molecular complexity index is 1090. The van der Waals surface area contributed by atoms with Gasteiger partial charge in [0, 0.05) is 17.8 Å². The van der Waals surface area contributed by atoms with Gasteiger partial charge in [-0.3, -0.25) is 4.68 Å². The summed E-state index contributed by atoms with van der Waals surface area (Å²) in [5, 5.41) is 24.0. The van der Waals surface area contributed by atoms with Crippen LogP contribution in [0.3, 0.4) is 0 Å². The minimum Gasteiger partial charge on any atom is -0.497 e. The normalized spacial score (nSPS) is 19.7. The number of amides is 2. The van der Waals surface area contributed by atoms with Gasteiger partial charge in [0.1, 0.15) is 23.3 Å². The highest BCUT2D eigenvalue weighted by Gasteiger charge is 2.31. The molecule has 2 heterocycles. The third kappa shape index (κ3) is 6.49. The number of urea groups is 1. The molecule has 35 heavy (non-hydrogen) atoms. The number of ether oxygens (including phenoxy) is 3. The molecule has 3 atom stereocenters. The van der Waals surface area contributed by atoms with Crippen molar-refractivity contribution in [2.45, 2.75) is 44.1 Å². The minimum absolute atomic E-state index is 0.0384. The Balaban J connectivity index is 1.25. The molecule has 0 unspecified atom stereocenters. The second-order valence-corrected chi connectivity index (χ2v) is 8.37. The number of hydrogen-bond donors (Lipinski definition) is 3. The average molecular weight is 482 g/mol. The average Bonchev–Trinajstić information content (AvgIpc) is 3.37. The Morgan fingerprint density at radius 2 is 1.77 bits per heavy atom. The summed E-state index contributed by atoms with van der Waals surface area (Å²) in [7, 11) is 3.22. The van der Waals surface area contributed by atoms with Crippen molar-refractivity contribution in [3.8, 4) is 22.8 Å². The van der Waals surface area contributed by atoms with Gasteiger partial charge in [-0.15, -0.1) is 5.10 Å². The van der Waals surface area contributed by atoms with Crippen LogP contribution in [0.15, 0.2) is 54.7 Å². The number of nitrogens with zero attached hydrogens (tertiary/aromatic N) is 3. The molecule has 4 rings (SSSR count). The Labute approximate surface area is 204 Å². The fourth-order valence-corrected chi connectivity index (χ4v) is 4.10. The van der Waals surface area contributed by atoms with Gasteiger partial charge < -0.3 is 30.0 Å². The van der Waals surface area contributed by atoms with Crippen molar-refractivity contribution in [3.63, 3.8) is 0 Å². The lowest BCUT2D eigenvalue weighted by Gasteiger charge is -2.36. The summed E-state index contributed by atoms with van der Waals surface area (Å²) in [4.78, 5) is 12.4. The maximum atomic E-state index is 12.4. The highest BCUT2D eigenvalue weighted by atomic mass is 16.5. The van der Waals surface area contributed by atoms with Crippen molar-refractivity contribution in [2.24, 2.45) is 0 Å². The fourth-order valence-electron chi connectivity index (χ4n) is 4.10. The van der Waals surface area contributed by atoms with E-state index in [4.69, 9.17) is 14.2 Å². The summed E-state index contributed by atoms with van der Waals surface area (Å²) in [5.41, 5.74) is 2.41. The van der Waals surface area contributed by atoms with Gasteiger partial charge in [-0.05, 0) is 67.8 Å². The fraction of sp³-hybridized carbons (Fsp3) is 0.400. The van der Waals surface area contributed by atoms with Crippen LogP contribution in [0.1, 0.15) is 19.3 Å². The van der Waals surface area contributed by atoms with Crippen molar-refractivity contribution in [1.82, 2.24) is 20.3 Å². The molecule has 3 N–H and O–H groups in total. The summed E-state index contributed by atoms with van der Waals surface area (Å²) in [6.07, 6.45) is 3.60. The first-order chi connectivity index (χ1) is 17.1. The van der Waals surface area contributed by atoms with E-state index < -0.39 is 6.10 Å². The van der Waals surface area contributed by atoms with E-state index >= 15 is 0 Å². The van der Waals surface area contributed by atoms with Crippen LogP contribution in [0.25, 0.3) is 11.3 Å². The molecule has 1 fully saturated rings. The van der Waals surface area contributed by atoms with Gasteiger partial charge >= 0.3 is 6.03 Å². The number of methoxy groups -OCH3 is 2. The number of carbonyl (C=O) groups is 1. The van der Waals surface area contributed by atoms with E-state index in [1.54, 1.807) is 43.2 Å². The van der Waals surface area contributed by atoms with Crippen molar-refractivity contribution in [3.05, 3.63) is 54.7 Å². The molecule has 2 aromatic carbocycles. The predicted molar refractivity (Wildman–Crippen MR) is 131 cm³/mol. The summed E-state index contributed by atoms with van der Waals surface area (Å²) in [6.45, 7) is 0.469. The van der Waals surface area contributed by atoms with Crippen LogP contribution in [0.2, 0.25) is 0 Å². The molecule has 10 nitrogen and oxygen atoms in total. The Morgan fingerprint density at radius 3 is 2.43 bits per heavy atom. The molecule has 0 spiro atoms. The predicted octanol–water partition coefficient (Wildman–Crippen LogP) is 3.08. The summed E-state index contributed by atoms with van der Waals surface area (Å²) in [6, 6.07) is 14.1. The second kappa shape index (κ2) is 11.7. The second-order valence-electron chi connectivity index (χ2n) is 8.37. The van der Waals surface area contributed by atoms with Crippen LogP contribution in [-0.2, 0) is 11.3 Å². The van der Waals surface area contributed by atoms with Crippen LogP contribution < -0.4 is 20.1 Å². The first-order valence-electron chi connectivity index (χ1n) is 11.6. The van der Waals surface area contributed by atoms with E-state index in [-0.39, 0.29) is 24.8 Å². The van der Waals surface area contributed by atoms with Crippen molar-refractivity contribution >= 4 is 11.7 Å². The molecule has 1 aliphatic rings. The number of carbonyl (C=O) groups excluding carboxylic acids is 1. The lowest BCUT2D eigenvalue weighted by Crippen LogP contribution is -2.52. The van der Waals surface area contributed by atoms with Crippen molar-refractivity contribution < 1.29 is 24.1 Å². The molecular weight excluding hydrogens is 450 g/mol. The van der Waals surface area contributed by atoms with E-state index in [1.165, 1.54) is 0 Å². The number of benzene rings is 2. The molecular formula is C25H31N5O5. The maximum Gasteiger partial charge on any atom is 0.319 e. The monoisotopic (exact) mass is 481 g/mol. The lowest BCUT2D eigenvalue weighted by molar-refractivity contribution is -0.0905. The van der Waals surface area contributed by atoms with Gasteiger partial charge in [0.2, 0.25) is 0 Å². The highest BCUT2D eigenvalue weighted by molar-refractivity contribution is 5.89. The summed E-state index contributed by atoms with van der Waals surface area (Å²) in [5.74, 6) is 1.51. The zero-order valence-electron chi connectivity index (χ0n) is 19.9. The molecule has 186 valence electrons. The SMILES string of the molecule is COc1ccc(NC(=O)N[C@H]2CC[C@@H](CCn3cc(-c4ccc(OC)cc4)nn3)O[C@H]2CO)cc1. The lowest BCUT2D eigenvalue weighted by atomic mass is 9.97. The molecule has 1 aromatic heterocycles. The number of aromatic nitrogens is 3. The van der Waals surface area contributed by atoms with Crippen LogP contribution in [-0.4, -0.2) is 65.2 Å². The third-order valence-corrected chi connectivity index (χ3v) is 6.06. The molecule has 0 aliphatic carbocycles. The molecule has 0 bridgehead atoms. The Hall–Kier alpha value is -3.63. The minimum atomic E-state index is -0.471. The number of aliphatic hydroxyl groups is 1. The molecule has 1 aliphatic heterocycles.